The molecule has 0 aromatic heterocycles. The predicted octanol–water partition coefficient (Wildman–Crippen LogP) is 4.70. The number of sulfonamides is 1. The molecule has 4 rings (SSSR count). The van der Waals surface area contributed by atoms with Crippen LogP contribution >= 0.6 is 0 Å². The molecule has 1 fully saturated rings. The Morgan fingerprint density at radius 3 is 2.38 bits per heavy atom. The molecule has 0 spiro atoms. The zero-order chi connectivity index (χ0) is 24.0. The molecule has 178 valence electrons. The number of benzene rings is 3. The summed E-state index contributed by atoms with van der Waals surface area (Å²) in [6, 6.07) is 21.1. The van der Waals surface area contributed by atoms with Gasteiger partial charge in [-0.2, -0.15) is 4.31 Å². The standard InChI is InChI=1S/C26H28N2O5S/c1-32-25-15-14-22(34(30,31)28-16-8-3-9-17-28)18-24(25)27-26(29)23-13-7-6-10-20(23)19-33-21-11-4-2-5-12-21/h2,4-7,10-15,18H,3,8-9,16-17,19H2,1H3,(H,27,29). The summed E-state index contributed by atoms with van der Waals surface area (Å²) in [5.41, 5.74) is 1.44. The van der Waals surface area contributed by atoms with E-state index in [1.165, 1.54) is 23.5 Å². The minimum Gasteiger partial charge on any atom is -0.495 e. The summed E-state index contributed by atoms with van der Waals surface area (Å²) in [6.45, 7) is 1.23. The minimum absolute atomic E-state index is 0.131. The lowest BCUT2D eigenvalue weighted by Crippen LogP contribution is -2.35. The maximum Gasteiger partial charge on any atom is 0.256 e. The normalized spacial score (nSPS) is 14.4. The van der Waals surface area contributed by atoms with Crippen molar-refractivity contribution in [2.24, 2.45) is 0 Å². The van der Waals surface area contributed by atoms with E-state index in [-0.39, 0.29) is 17.4 Å². The van der Waals surface area contributed by atoms with E-state index in [0.717, 1.165) is 19.3 Å². The van der Waals surface area contributed by atoms with Crippen molar-refractivity contribution in [3.63, 3.8) is 0 Å². The van der Waals surface area contributed by atoms with Crippen molar-refractivity contribution in [2.45, 2.75) is 30.8 Å². The molecule has 1 heterocycles. The summed E-state index contributed by atoms with van der Waals surface area (Å²) >= 11 is 0. The largest absolute Gasteiger partial charge is 0.495 e. The lowest BCUT2D eigenvalue weighted by atomic mass is 10.1. The molecule has 0 atom stereocenters. The van der Waals surface area contributed by atoms with Gasteiger partial charge in [0.15, 0.2) is 0 Å². The van der Waals surface area contributed by atoms with Crippen molar-refractivity contribution in [1.29, 1.82) is 0 Å². The van der Waals surface area contributed by atoms with Crippen LogP contribution in [0.3, 0.4) is 0 Å². The van der Waals surface area contributed by atoms with E-state index in [1.54, 1.807) is 18.2 Å². The fourth-order valence-corrected chi connectivity index (χ4v) is 5.48. The van der Waals surface area contributed by atoms with Gasteiger partial charge in [0, 0.05) is 24.2 Å². The van der Waals surface area contributed by atoms with E-state index in [1.807, 2.05) is 42.5 Å². The van der Waals surface area contributed by atoms with E-state index >= 15 is 0 Å². The van der Waals surface area contributed by atoms with Crippen molar-refractivity contribution >= 4 is 21.6 Å². The minimum atomic E-state index is -3.65. The molecule has 1 amide bonds. The fraction of sp³-hybridized carbons (Fsp3) is 0.269. The van der Waals surface area contributed by atoms with E-state index in [2.05, 4.69) is 5.32 Å². The Labute approximate surface area is 200 Å². The lowest BCUT2D eigenvalue weighted by Gasteiger charge is -2.26. The Morgan fingerprint density at radius 2 is 1.65 bits per heavy atom. The number of hydrogen-bond acceptors (Lipinski definition) is 5. The number of piperidine rings is 1. The van der Waals surface area contributed by atoms with Crippen LogP contribution in [0.4, 0.5) is 5.69 Å². The van der Waals surface area contributed by atoms with Crippen molar-refractivity contribution in [3.8, 4) is 11.5 Å². The van der Waals surface area contributed by atoms with E-state index < -0.39 is 10.0 Å². The molecule has 1 N–H and O–H groups in total. The molecule has 1 saturated heterocycles. The zero-order valence-corrected chi connectivity index (χ0v) is 19.9. The summed E-state index contributed by atoms with van der Waals surface area (Å²) in [7, 11) is -2.17. The van der Waals surface area contributed by atoms with Crippen molar-refractivity contribution < 1.29 is 22.7 Å². The molecular formula is C26H28N2O5S. The SMILES string of the molecule is COc1ccc(S(=O)(=O)N2CCCCC2)cc1NC(=O)c1ccccc1COc1ccccc1. The third-order valence-electron chi connectivity index (χ3n) is 5.77. The van der Waals surface area contributed by atoms with Crippen LogP contribution in [0, 0.1) is 0 Å². The van der Waals surface area contributed by atoms with Gasteiger partial charge in [-0.25, -0.2) is 8.42 Å². The first-order valence-electron chi connectivity index (χ1n) is 11.2. The number of carbonyl (C=O) groups is 1. The summed E-state index contributed by atoms with van der Waals surface area (Å²) in [6.07, 6.45) is 2.73. The maximum atomic E-state index is 13.2. The van der Waals surface area contributed by atoms with E-state index in [9.17, 15) is 13.2 Å². The van der Waals surface area contributed by atoms with Crippen LogP contribution in [0.15, 0.2) is 77.7 Å². The highest BCUT2D eigenvalue weighted by molar-refractivity contribution is 7.89. The number of ether oxygens (including phenoxy) is 2. The first-order chi connectivity index (χ1) is 16.5. The number of anilines is 1. The number of amides is 1. The summed E-state index contributed by atoms with van der Waals surface area (Å²) < 4.78 is 39.0. The molecule has 0 unspecified atom stereocenters. The van der Waals surface area contributed by atoms with Gasteiger partial charge in [-0.05, 0) is 49.2 Å². The zero-order valence-electron chi connectivity index (χ0n) is 19.1. The summed E-state index contributed by atoms with van der Waals surface area (Å²) in [4.78, 5) is 13.3. The van der Waals surface area contributed by atoms with Crippen LogP contribution in [-0.4, -0.2) is 38.8 Å². The second-order valence-corrected chi connectivity index (χ2v) is 9.98. The number of nitrogens with one attached hydrogen (secondary N) is 1. The van der Waals surface area contributed by atoms with E-state index in [0.29, 0.717) is 41.4 Å². The van der Waals surface area contributed by atoms with Gasteiger partial charge in [-0.3, -0.25) is 4.79 Å². The van der Waals surface area contributed by atoms with Crippen LogP contribution in [0.25, 0.3) is 0 Å². The van der Waals surface area contributed by atoms with Gasteiger partial charge in [0.2, 0.25) is 10.0 Å². The number of methoxy groups -OCH3 is 1. The van der Waals surface area contributed by atoms with Gasteiger partial charge in [0.05, 0.1) is 17.7 Å². The van der Waals surface area contributed by atoms with Gasteiger partial charge in [0.25, 0.3) is 5.91 Å². The molecule has 1 aliphatic heterocycles. The van der Waals surface area contributed by atoms with Gasteiger partial charge in [-0.1, -0.05) is 42.8 Å². The number of hydrogen-bond donors (Lipinski definition) is 1. The molecule has 3 aromatic carbocycles. The molecule has 0 radical (unpaired) electrons. The number of para-hydroxylation sites is 1. The highest BCUT2D eigenvalue weighted by Crippen LogP contribution is 2.30. The van der Waals surface area contributed by atoms with Gasteiger partial charge >= 0.3 is 0 Å². The topological polar surface area (TPSA) is 84.9 Å². The van der Waals surface area contributed by atoms with E-state index in [4.69, 9.17) is 9.47 Å². The first-order valence-corrected chi connectivity index (χ1v) is 12.7. The fourth-order valence-electron chi connectivity index (χ4n) is 3.93. The Balaban J connectivity index is 1.56. The van der Waals surface area contributed by atoms with Gasteiger partial charge in [0.1, 0.15) is 18.1 Å². The highest BCUT2D eigenvalue weighted by atomic mass is 32.2. The monoisotopic (exact) mass is 480 g/mol. The van der Waals surface area contributed by atoms with Crippen LogP contribution in [0.5, 0.6) is 11.5 Å². The Bertz CT molecular complexity index is 1240. The number of nitrogens with zero attached hydrogens (tertiary/aromatic N) is 1. The summed E-state index contributed by atoms with van der Waals surface area (Å²) in [5, 5.41) is 2.83. The molecule has 34 heavy (non-hydrogen) atoms. The molecular weight excluding hydrogens is 452 g/mol. The molecule has 0 aliphatic carbocycles. The average molecular weight is 481 g/mol. The lowest BCUT2D eigenvalue weighted by molar-refractivity contribution is 0.102. The second-order valence-electron chi connectivity index (χ2n) is 8.04. The molecule has 1 aliphatic rings. The average Bonchev–Trinajstić information content (AvgIpc) is 2.88. The highest BCUT2D eigenvalue weighted by Gasteiger charge is 2.27. The van der Waals surface area contributed by atoms with Gasteiger partial charge < -0.3 is 14.8 Å². The Kier molecular flexibility index (Phi) is 7.49. The van der Waals surface area contributed by atoms with Crippen LogP contribution in [0.2, 0.25) is 0 Å². The van der Waals surface area contributed by atoms with Crippen LogP contribution in [-0.2, 0) is 16.6 Å². The second kappa shape index (κ2) is 10.7. The quantitative estimate of drug-likeness (QED) is 0.505. The predicted molar refractivity (Wildman–Crippen MR) is 131 cm³/mol. The van der Waals surface area contributed by atoms with Crippen molar-refractivity contribution in [1.82, 2.24) is 4.31 Å². The van der Waals surface area contributed by atoms with Crippen LogP contribution in [0.1, 0.15) is 35.2 Å². The third kappa shape index (κ3) is 5.40. The van der Waals surface area contributed by atoms with Crippen molar-refractivity contribution in [3.05, 3.63) is 83.9 Å². The van der Waals surface area contributed by atoms with Crippen LogP contribution < -0.4 is 14.8 Å². The molecule has 3 aromatic rings. The Morgan fingerprint density at radius 1 is 0.941 bits per heavy atom. The third-order valence-corrected chi connectivity index (χ3v) is 7.67. The Hall–Kier alpha value is -3.36. The number of rotatable bonds is 8. The maximum absolute atomic E-state index is 13.2. The molecule has 7 nitrogen and oxygen atoms in total. The molecule has 0 saturated carbocycles. The van der Waals surface area contributed by atoms with Gasteiger partial charge in [-0.15, -0.1) is 0 Å². The summed E-state index contributed by atoms with van der Waals surface area (Å²) in [5.74, 6) is 0.706. The molecule has 0 bridgehead atoms. The molecule has 8 heteroatoms. The smallest absolute Gasteiger partial charge is 0.256 e. The first kappa shape index (κ1) is 23.8. The number of carbonyl (C=O) groups excluding carboxylic acids is 1. The van der Waals surface area contributed by atoms with Crippen molar-refractivity contribution in [2.75, 3.05) is 25.5 Å².